The first kappa shape index (κ1) is 8.91. The quantitative estimate of drug-likeness (QED) is 0.797. The van der Waals surface area contributed by atoms with Crippen LogP contribution in [0.4, 0.5) is 5.69 Å². The minimum Gasteiger partial charge on any atom is -0.397 e. The summed E-state index contributed by atoms with van der Waals surface area (Å²) in [5, 5.41) is 10.5. The van der Waals surface area contributed by atoms with Crippen LogP contribution in [0.5, 0.6) is 0 Å². The third kappa shape index (κ3) is 1.19. The van der Waals surface area contributed by atoms with Crippen LogP contribution in [-0.4, -0.2) is 14.8 Å². The van der Waals surface area contributed by atoms with Crippen molar-refractivity contribution in [2.24, 2.45) is 0 Å². The van der Waals surface area contributed by atoms with Crippen LogP contribution in [0, 0.1) is 6.92 Å². The zero-order chi connectivity index (χ0) is 10.4. The molecule has 0 bridgehead atoms. The van der Waals surface area contributed by atoms with E-state index in [1.54, 1.807) is 11.3 Å². The first-order valence-electron chi connectivity index (χ1n) is 5.03. The largest absolute Gasteiger partial charge is 0.397 e. The van der Waals surface area contributed by atoms with Gasteiger partial charge in [0.25, 0.3) is 0 Å². The lowest BCUT2D eigenvalue weighted by Gasteiger charge is -2.01. The second-order valence-corrected chi connectivity index (χ2v) is 4.74. The molecule has 15 heavy (non-hydrogen) atoms. The number of thiophene rings is 1. The second kappa shape index (κ2) is 3.06. The number of nitrogens with zero attached hydrogens (tertiary/aromatic N) is 3. The highest BCUT2D eigenvalue weighted by Crippen LogP contribution is 2.35. The van der Waals surface area contributed by atoms with E-state index in [1.807, 2.05) is 6.92 Å². The molecule has 0 saturated heterocycles. The lowest BCUT2D eigenvalue weighted by Crippen LogP contribution is -1.97. The van der Waals surface area contributed by atoms with Gasteiger partial charge in [0.1, 0.15) is 5.82 Å². The van der Waals surface area contributed by atoms with E-state index in [2.05, 4.69) is 20.1 Å². The van der Waals surface area contributed by atoms with Crippen molar-refractivity contribution < 1.29 is 0 Å². The SMILES string of the molecule is Cc1csc(-c2nnc3n2CCC3)c1N. The third-order valence-electron chi connectivity index (χ3n) is 2.84. The Morgan fingerprint density at radius 3 is 3.07 bits per heavy atom. The average Bonchev–Trinajstić information content (AvgIpc) is 2.85. The number of hydrogen-bond acceptors (Lipinski definition) is 4. The molecule has 2 N–H and O–H groups in total. The highest BCUT2D eigenvalue weighted by Gasteiger charge is 2.21. The molecule has 0 aliphatic carbocycles. The summed E-state index contributed by atoms with van der Waals surface area (Å²) in [5.74, 6) is 2.04. The van der Waals surface area contributed by atoms with Gasteiger partial charge in [-0.1, -0.05) is 0 Å². The Balaban J connectivity index is 2.17. The normalized spacial score (nSPS) is 14.5. The number of hydrogen-bond donors (Lipinski definition) is 1. The third-order valence-corrected chi connectivity index (χ3v) is 3.95. The zero-order valence-electron chi connectivity index (χ0n) is 8.53. The van der Waals surface area contributed by atoms with E-state index in [0.717, 1.165) is 40.7 Å². The van der Waals surface area contributed by atoms with Crippen molar-refractivity contribution in [2.75, 3.05) is 5.73 Å². The summed E-state index contributed by atoms with van der Waals surface area (Å²) in [5.41, 5.74) is 8.00. The summed E-state index contributed by atoms with van der Waals surface area (Å²) in [7, 11) is 0. The molecule has 0 fully saturated rings. The molecule has 0 unspecified atom stereocenters. The summed E-state index contributed by atoms with van der Waals surface area (Å²) >= 11 is 1.65. The molecular formula is C10H12N4S. The molecular weight excluding hydrogens is 208 g/mol. The van der Waals surface area contributed by atoms with Gasteiger partial charge in [-0.3, -0.25) is 0 Å². The van der Waals surface area contributed by atoms with Crippen molar-refractivity contribution in [1.29, 1.82) is 0 Å². The average molecular weight is 220 g/mol. The van der Waals surface area contributed by atoms with Gasteiger partial charge in [0.2, 0.25) is 0 Å². The van der Waals surface area contributed by atoms with E-state index < -0.39 is 0 Å². The van der Waals surface area contributed by atoms with Crippen LogP contribution in [0.15, 0.2) is 5.38 Å². The van der Waals surface area contributed by atoms with Crippen molar-refractivity contribution >= 4 is 17.0 Å². The zero-order valence-corrected chi connectivity index (χ0v) is 9.34. The summed E-state index contributed by atoms with van der Waals surface area (Å²) in [6.07, 6.45) is 2.21. The molecule has 5 heteroatoms. The molecule has 3 rings (SSSR count). The summed E-state index contributed by atoms with van der Waals surface area (Å²) < 4.78 is 2.18. The molecule has 0 radical (unpaired) electrons. The van der Waals surface area contributed by atoms with E-state index in [1.165, 1.54) is 6.42 Å². The molecule has 0 amide bonds. The van der Waals surface area contributed by atoms with Crippen molar-refractivity contribution in [1.82, 2.24) is 14.8 Å². The van der Waals surface area contributed by atoms with Gasteiger partial charge >= 0.3 is 0 Å². The molecule has 2 aromatic rings. The number of fused-ring (bicyclic) bond motifs is 1. The topological polar surface area (TPSA) is 56.7 Å². The molecule has 78 valence electrons. The Kier molecular flexibility index (Phi) is 1.82. The molecule has 1 aliphatic rings. The molecule has 1 aliphatic heterocycles. The monoisotopic (exact) mass is 220 g/mol. The summed E-state index contributed by atoms with van der Waals surface area (Å²) in [4.78, 5) is 1.06. The molecule has 0 aromatic carbocycles. The Hall–Kier alpha value is -1.36. The molecule has 0 saturated carbocycles. The van der Waals surface area contributed by atoms with E-state index in [-0.39, 0.29) is 0 Å². The van der Waals surface area contributed by atoms with Gasteiger partial charge in [-0.05, 0) is 24.3 Å². The van der Waals surface area contributed by atoms with Crippen LogP contribution in [0.25, 0.3) is 10.7 Å². The van der Waals surface area contributed by atoms with Crippen LogP contribution >= 0.6 is 11.3 Å². The maximum absolute atomic E-state index is 6.02. The van der Waals surface area contributed by atoms with Crippen molar-refractivity contribution in [3.8, 4) is 10.7 Å². The minimum absolute atomic E-state index is 0.849. The number of anilines is 1. The van der Waals surface area contributed by atoms with Crippen molar-refractivity contribution in [2.45, 2.75) is 26.3 Å². The van der Waals surface area contributed by atoms with Gasteiger partial charge < -0.3 is 10.3 Å². The van der Waals surface area contributed by atoms with Crippen molar-refractivity contribution in [3.05, 3.63) is 16.8 Å². The van der Waals surface area contributed by atoms with Crippen LogP contribution in [0.3, 0.4) is 0 Å². The Morgan fingerprint density at radius 2 is 2.33 bits per heavy atom. The summed E-state index contributed by atoms with van der Waals surface area (Å²) in [6, 6.07) is 0. The number of rotatable bonds is 1. The van der Waals surface area contributed by atoms with E-state index in [4.69, 9.17) is 5.73 Å². The van der Waals surface area contributed by atoms with Gasteiger partial charge in [0, 0.05) is 13.0 Å². The fourth-order valence-corrected chi connectivity index (χ4v) is 2.91. The van der Waals surface area contributed by atoms with Crippen LogP contribution in [0.2, 0.25) is 0 Å². The lowest BCUT2D eigenvalue weighted by molar-refractivity contribution is 0.750. The number of aryl methyl sites for hydroxylation is 2. The highest BCUT2D eigenvalue weighted by molar-refractivity contribution is 7.14. The maximum Gasteiger partial charge on any atom is 0.176 e. The first-order chi connectivity index (χ1) is 7.27. The molecule has 4 nitrogen and oxygen atoms in total. The lowest BCUT2D eigenvalue weighted by atomic mass is 10.3. The molecule has 0 spiro atoms. The van der Waals surface area contributed by atoms with Gasteiger partial charge in [-0.15, -0.1) is 21.5 Å². The number of aromatic nitrogens is 3. The molecule has 3 heterocycles. The molecule has 0 atom stereocenters. The van der Waals surface area contributed by atoms with Gasteiger partial charge in [-0.2, -0.15) is 0 Å². The van der Waals surface area contributed by atoms with Gasteiger partial charge in [0.05, 0.1) is 10.6 Å². The Bertz CT molecular complexity index is 511. The van der Waals surface area contributed by atoms with Crippen LogP contribution < -0.4 is 5.73 Å². The Labute approximate surface area is 91.7 Å². The van der Waals surface area contributed by atoms with Gasteiger partial charge in [0.15, 0.2) is 5.82 Å². The van der Waals surface area contributed by atoms with Crippen LogP contribution in [-0.2, 0) is 13.0 Å². The fourth-order valence-electron chi connectivity index (χ4n) is 1.94. The predicted octanol–water partition coefficient (Wildman–Crippen LogP) is 1.84. The van der Waals surface area contributed by atoms with E-state index in [9.17, 15) is 0 Å². The standard InChI is InChI=1S/C10H12N4S/c1-6-5-15-9(8(6)11)10-13-12-7-3-2-4-14(7)10/h5H,2-4,11H2,1H3. The summed E-state index contributed by atoms with van der Waals surface area (Å²) in [6.45, 7) is 3.05. The number of nitrogen functional groups attached to an aromatic ring is 1. The second-order valence-electron chi connectivity index (χ2n) is 3.86. The predicted molar refractivity (Wildman–Crippen MR) is 60.8 cm³/mol. The van der Waals surface area contributed by atoms with E-state index >= 15 is 0 Å². The Morgan fingerprint density at radius 1 is 1.47 bits per heavy atom. The van der Waals surface area contributed by atoms with Crippen molar-refractivity contribution in [3.63, 3.8) is 0 Å². The van der Waals surface area contributed by atoms with Crippen LogP contribution in [0.1, 0.15) is 17.8 Å². The smallest absolute Gasteiger partial charge is 0.176 e. The fraction of sp³-hybridized carbons (Fsp3) is 0.400. The molecule has 2 aromatic heterocycles. The van der Waals surface area contributed by atoms with Gasteiger partial charge in [-0.25, -0.2) is 0 Å². The first-order valence-corrected chi connectivity index (χ1v) is 5.91. The number of nitrogens with two attached hydrogens (primary N) is 1. The van der Waals surface area contributed by atoms with E-state index in [0.29, 0.717) is 0 Å². The highest BCUT2D eigenvalue weighted by atomic mass is 32.1. The minimum atomic E-state index is 0.849. The maximum atomic E-state index is 6.02.